The third kappa shape index (κ3) is 8.55. The zero-order valence-electron chi connectivity index (χ0n) is 25.4. The lowest BCUT2D eigenvalue weighted by Crippen LogP contribution is -2.32. The number of carbonyl (C=O) groups excluding carboxylic acids is 1. The van der Waals surface area contributed by atoms with Crippen LogP contribution in [-0.4, -0.2) is 26.5 Å². The molecule has 11 heteroatoms. The van der Waals surface area contributed by atoms with E-state index in [4.69, 9.17) is 38.0 Å². The molecule has 0 saturated heterocycles. The fourth-order valence-electron chi connectivity index (χ4n) is 5.00. The van der Waals surface area contributed by atoms with E-state index < -0.39 is 29.6 Å². The molecule has 7 nitrogen and oxygen atoms in total. The number of nitrogens with zero attached hydrogens (tertiary/aromatic N) is 2. The Morgan fingerprint density at radius 3 is 2.28 bits per heavy atom. The molecule has 242 valence electrons. The number of aromatic carboxylic acids is 1. The minimum absolute atomic E-state index is 0.0262. The van der Waals surface area contributed by atoms with Crippen molar-refractivity contribution in [1.82, 2.24) is 14.9 Å². The fourth-order valence-corrected chi connectivity index (χ4v) is 5.50. The van der Waals surface area contributed by atoms with Crippen molar-refractivity contribution < 1.29 is 28.2 Å². The van der Waals surface area contributed by atoms with Crippen LogP contribution < -0.4 is 10.1 Å². The molecule has 0 fully saturated rings. The van der Waals surface area contributed by atoms with Crippen molar-refractivity contribution in [2.45, 2.75) is 45.4 Å². The van der Waals surface area contributed by atoms with Crippen LogP contribution in [0.3, 0.4) is 0 Å². The van der Waals surface area contributed by atoms with Gasteiger partial charge in [-0.2, -0.15) is 0 Å². The Morgan fingerprint density at radius 2 is 1.62 bits per heavy atom. The smallest absolute Gasteiger partial charge is 0.335 e. The number of benzene rings is 4. The van der Waals surface area contributed by atoms with E-state index >= 15 is 0 Å². The molecular formula is C36H31Cl2F2N3O4. The molecular weight excluding hydrogens is 647 g/mol. The monoisotopic (exact) mass is 677 g/mol. The Hall–Kier alpha value is -4.73. The van der Waals surface area contributed by atoms with Crippen molar-refractivity contribution in [3.63, 3.8) is 0 Å². The van der Waals surface area contributed by atoms with Crippen LogP contribution in [0.4, 0.5) is 8.78 Å². The van der Waals surface area contributed by atoms with E-state index in [0.717, 1.165) is 36.1 Å². The highest BCUT2D eigenvalue weighted by atomic mass is 35.5. The number of unbranched alkanes of at least 4 members (excludes halogenated alkanes) is 1. The third-order valence-electron chi connectivity index (χ3n) is 7.54. The van der Waals surface area contributed by atoms with E-state index in [1.807, 2.05) is 22.9 Å². The van der Waals surface area contributed by atoms with Gasteiger partial charge in [-0.1, -0.05) is 60.8 Å². The van der Waals surface area contributed by atoms with Crippen molar-refractivity contribution in [1.29, 1.82) is 0 Å². The minimum Gasteiger partial charge on any atom is -0.489 e. The molecule has 1 aromatic heterocycles. The van der Waals surface area contributed by atoms with E-state index in [1.165, 1.54) is 18.2 Å². The van der Waals surface area contributed by atoms with Crippen LogP contribution >= 0.6 is 23.2 Å². The second kappa shape index (κ2) is 15.2. The summed E-state index contributed by atoms with van der Waals surface area (Å²) in [5, 5.41) is 13.0. The van der Waals surface area contributed by atoms with Gasteiger partial charge in [0.1, 0.15) is 18.2 Å². The molecule has 0 aliphatic carbocycles. The molecule has 5 aromatic rings. The van der Waals surface area contributed by atoms with Gasteiger partial charge in [0.15, 0.2) is 11.6 Å². The van der Waals surface area contributed by atoms with E-state index in [0.29, 0.717) is 45.8 Å². The van der Waals surface area contributed by atoms with E-state index in [9.17, 15) is 18.4 Å². The van der Waals surface area contributed by atoms with Crippen molar-refractivity contribution >= 4 is 35.1 Å². The molecule has 0 saturated carbocycles. The molecule has 47 heavy (non-hydrogen) atoms. The minimum atomic E-state index is -1.12. The summed E-state index contributed by atoms with van der Waals surface area (Å²) in [4.78, 5) is 29.4. The van der Waals surface area contributed by atoms with Crippen LogP contribution in [0, 0.1) is 11.6 Å². The Kier molecular flexibility index (Phi) is 10.9. The van der Waals surface area contributed by atoms with Gasteiger partial charge in [0.05, 0.1) is 22.3 Å². The molecule has 0 bridgehead atoms. The van der Waals surface area contributed by atoms with E-state index in [2.05, 4.69) is 12.2 Å². The van der Waals surface area contributed by atoms with Crippen molar-refractivity contribution in [2.24, 2.45) is 0 Å². The number of imidazole rings is 1. The predicted octanol–water partition coefficient (Wildman–Crippen LogP) is 8.93. The molecule has 4 aromatic carbocycles. The van der Waals surface area contributed by atoms with Gasteiger partial charge in [-0.05, 0) is 84.6 Å². The first-order valence-corrected chi connectivity index (χ1v) is 15.7. The number of aromatic nitrogens is 2. The summed E-state index contributed by atoms with van der Waals surface area (Å²) in [6.45, 7) is 2.95. The maximum atomic E-state index is 14.0. The SMILES string of the molecule is CCCCn1cc(-c2ccc(Cl)cc2Cl)nc1[C@H](Cc1ccc(OCc2ccc(C(=O)O)cc2)cc1)NC(=O)c1ccc(F)c(F)c1. The Labute approximate surface area is 280 Å². The van der Waals surface area contributed by atoms with Gasteiger partial charge < -0.3 is 19.7 Å². The highest BCUT2D eigenvalue weighted by Crippen LogP contribution is 2.32. The van der Waals surface area contributed by atoms with Crippen LogP contribution in [0.25, 0.3) is 11.3 Å². The zero-order valence-corrected chi connectivity index (χ0v) is 26.9. The van der Waals surface area contributed by atoms with Gasteiger partial charge >= 0.3 is 5.97 Å². The summed E-state index contributed by atoms with van der Waals surface area (Å²) < 4.78 is 35.5. The molecule has 0 spiro atoms. The van der Waals surface area contributed by atoms with E-state index in [1.54, 1.807) is 42.5 Å². The van der Waals surface area contributed by atoms with Crippen LogP contribution in [0.5, 0.6) is 5.75 Å². The fraction of sp³-hybridized carbons (Fsp3) is 0.194. The summed E-state index contributed by atoms with van der Waals surface area (Å²) in [5.41, 5.74) is 3.12. The van der Waals surface area contributed by atoms with Gasteiger partial charge in [0, 0.05) is 28.9 Å². The summed E-state index contributed by atoms with van der Waals surface area (Å²) >= 11 is 12.7. The largest absolute Gasteiger partial charge is 0.489 e. The van der Waals surface area contributed by atoms with Gasteiger partial charge in [-0.15, -0.1) is 0 Å². The van der Waals surface area contributed by atoms with Crippen molar-refractivity contribution in [3.05, 3.63) is 141 Å². The first-order chi connectivity index (χ1) is 22.6. The van der Waals surface area contributed by atoms with E-state index in [-0.39, 0.29) is 17.7 Å². The molecule has 1 amide bonds. The van der Waals surface area contributed by atoms with Gasteiger partial charge in [-0.25, -0.2) is 18.6 Å². The number of amides is 1. The van der Waals surface area contributed by atoms with Crippen LogP contribution in [-0.2, 0) is 19.6 Å². The standard InChI is InChI=1S/C36H31Cl2F2N3O4/c1-2-3-16-43-20-33(28-14-11-26(37)19-29(28)38)41-34(43)32(42-35(44)25-10-15-30(39)31(40)18-25)17-22-6-12-27(13-7-22)47-21-23-4-8-24(9-5-23)36(45)46/h4-15,18-20,32H,2-3,16-17,21H2,1H3,(H,42,44)(H,45,46)/t32-/m0/s1. The number of halogens is 4. The number of carboxylic acid groups (broad SMARTS) is 1. The summed E-state index contributed by atoms with van der Waals surface area (Å²) in [5.74, 6) is -2.57. The maximum absolute atomic E-state index is 14.0. The number of rotatable bonds is 13. The molecule has 0 aliphatic heterocycles. The second-order valence-corrected chi connectivity index (χ2v) is 11.8. The van der Waals surface area contributed by atoms with Crippen LogP contribution in [0.2, 0.25) is 10.0 Å². The molecule has 0 unspecified atom stereocenters. The van der Waals surface area contributed by atoms with Crippen molar-refractivity contribution in [2.75, 3.05) is 0 Å². The third-order valence-corrected chi connectivity index (χ3v) is 8.08. The van der Waals surface area contributed by atoms with Crippen LogP contribution in [0.15, 0.2) is 91.1 Å². The highest BCUT2D eigenvalue weighted by Gasteiger charge is 2.24. The number of hydrogen-bond acceptors (Lipinski definition) is 4. The van der Waals surface area contributed by atoms with Gasteiger partial charge in [0.25, 0.3) is 5.91 Å². The summed E-state index contributed by atoms with van der Waals surface area (Å²) in [7, 11) is 0. The lowest BCUT2D eigenvalue weighted by molar-refractivity contribution is 0.0696. The summed E-state index contributed by atoms with van der Waals surface area (Å²) in [6, 6.07) is 21.3. The molecule has 2 N–H and O–H groups in total. The number of ether oxygens (including phenoxy) is 1. The first-order valence-electron chi connectivity index (χ1n) is 14.9. The Bertz CT molecular complexity index is 1880. The topological polar surface area (TPSA) is 93.5 Å². The van der Waals surface area contributed by atoms with Gasteiger partial charge in [-0.3, -0.25) is 4.79 Å². The molecule has 0 aliphatic rings. The predicted molar refractivity (Wildman–Crippen MR) is 177 cm³/mol. The Morgan fingerprint density at radius 1 is 0.915 bits per heavy atom. The van der Waals surface area contributed by atoms with Crippen molar-refractivity contribution in [3.8, 4) is 17.0 Å². The molecule has 1 heterocycles. The normalized spacial score (nSPS) is 11.7. The average molecular weight is 679 g/mol. The first kappa shape index (κ1) is 33.6. The molecule has 5 rings (SSSR count). The molecule has 1 atom stereocenters. The number of hydrogen-bond donors (Lipinski definition) is 2. The second-order valence-electron chi connectivity index (χ2n) is 10.9. The number of nitrogens with one attached hydrogen (secondary N) is 1. The number of carbonyl (C=O) groups is 2. The number of carboxylic acids is 1. The molecule has 0 radical (unpaired) electrons. The summed E-state index contributed by atoms with van der Waals surface area (Å²) in [6.07, 6.45) is 3.98. The average Bonchev–Trinajstić information content (AvgIpc) is 3.48. The lowest BCUT2D eigenvalue weighted by Gasteiger charge is -2.20. The maximum Gasteiger partial charge on any atom is 0.335 e. The van der Waals surface area contributed by atoms with Crippen LogP contribution in [0.1, 0.15) is 63.5 Å². The highest BCUT2D eigenvalue weighted by molar-refractivity contribution is 6.36. The number of aryl methyl sites for hydroxylation is 1. The quantitative estimate of drug-likeness (QED) is 0.130. The van der Waals surface area contributed by atoms with Gasteiger partial charge in [0.2, 0.25) is 0 Å². The lowest BCUT2D eigenvalue weighted by atomic mass is 10.0. The zero-order chi connectivity index (χ0) is 33.5. The Balaban J connectivity index is 1.43.